The number of aliphatic hydroxyl groups excluding tert-OH is 2. The molecular formula is C46H77O10P. The largest absolute Gasteiger partial charge is 0.472 e. The first kappa shape index (κ1) is 54.2. The van der Waals surface area contributed by atoms with Gasteiger partial charge in [0.15, 0.2) is 6.10 Å². The Morgan fingerprint density at radius 1 is 0.544 bits per heavy atom. The molecule has 0 aliphatic carbocycles. The van der Waals surface area contributed by atoms with Crippen LogP contribution in [-0.2, 0) is 32.7 Å². The molecule has 11 heteroatoms. The molecule has 326 valence electrons. The minimum Gasteiger partial charge on any atom is -0.462 e. The van der Waals surface area contributed by atoms with Crippen LogP contribution in [0.3, 0.4) is 0 Å². The highest BCUT2D eigenvalue weighted by Gasteiger charge is 2.27. The molecule has 0 radical (unpaired) electrons. The maximum absolute atomic E-state index is 12.6. The lowest BCUT2D eigenvalue weighted by Gasteiger charge is -2.20. The molecule has 0 aromatic carbocycles. The normalized spacial score (nSPS) is 14.7. The first-order valence-corrected chi connectivity index (χ1v) is 23.0. The van der Waals surface area contributed by atoms with Gasteiger partial charge in [0.25, 0.3) is 0 Å². The Morgan fingerprint density at radius 3 is 1.47 bits per heavy atom. The van der Waals surface area contributed by atoms with Gasteiger partial charge in [0.1, 0.15) is 12.7 Å². The van der Waals surface area contributed by atoms with E-state index in [2.05, 4.69) is 85.2 Å². The highest BCUT2D eigenvalue weighted by Crippen LogP contribution is 2.43. The summed E-state index contributed by atoms with van der Waals surface area (Å²) < 4.78 is 32.6. The average Bonchev–Trinajstić information content (AvgIpc) is 3.20. The third-order valence-electron chi connectivity index (χ3n) is 8.56. The van der Waals surface area contributed by atoms with Gasteiger partial charge in [-0.2, -0.15) is 0 Å². The van der Waals surface area contributed by atoms with Crippen LogP contribution in [0.1, 0.15) is 155 Å². The summed E-state index contributed by atoms with van der Waals surface area (Å²) in [6.07, 6.45) is 48.6. The van der Waals surface area contributed by atoms with Crippen molar-refractivity contribution in [2.75, 3.05) is 26.4 Å². The minimum atomic E-state index is -4.65. The Labute approximate surface area is 345 Å². The van der Waals surface area contributed by atoms with Crippen LogP contribution >= 0.6 is 7.82 Å². The van der Waals surface area contributed by atoms with Crippen LogP contribution in [0.25, 0.3) is 0 Å². The lowest BCUT2D eigenvalue weighted by molar-refractivity contribution is -0.161. The van der Waals surface area contributed by atoms with Gasteiger partial charge >= 0.3 is 19.8 Å². The number of hydrogen-bond donors (Lipinski definition) is 3. The number of esters is 2. The smallest absolute Gasteiger partial charge is 0.462 e. The van der Waals surface area contributed by atoms with E-state index in [0.717, 1.165) is 51.4 Å². The quantitative estimate of drug-likeness (QED) is 0.0237. The summed E-state index contributed by atoms with van der Waals surface area (Å²) >= 11 is 0. The first-order valence-electron chi connectivity index (χ1n) is 21.5. The Kier molecular flexibility index (Phi) is 39.2. The summed E-state index contributed by atoms with van der Waals surface area (Å²) in [5.74, 6) is -1.09. The van der Waals surface area contributed by atoms with Crippen molar-refractivity contribution < 1.29 is 47.8 Å². The second-order valence-corrected chi connectivity index (χ2v) is 15.4. The second kappa shape index (κ2) is 41.3. The van der Waals surface area contributed by atoms with Gasteiger partial charge in [-0.05, 0) is 64.2 Å². The molecular weight excluding hydrogens is 743 g/mol. The number of phosphoric acid groups is 1. The van der Waals surface area contributed by atoms with Crippen LogP contribution in [0.15, 0.2) is 85.1 Å². The molecule has 3 atom stereocenters. The van der Waals surface area contributed by atoms with E-state index in [9.17, 15) is 24.2 Å². The van der Waals surface area contributed by atoms with Crippen molar-refractivity contribution in [1.29, 1.82) is 0 Å². The van der Waals surface area contributed by atoms with Crippen molar-refractivity contribution in [2.45, 2.75) is 167 Å². The number of carbonyl (C=O) groups excluding carboxylic acids is 2. The monoisotopic (exact) mass is 821 g/mol. The van der Waals surface area contributed by atoms with Crippen molar-refractivity contribution in [1.82, 2.24) is 0 Å². The minimum absolute atomic E-state index is 0.0481. The van der Waals surface area contributed by atoms with Crippen LogP contribution in [0.2, 0.25) is 0 Å². The van der Waals surface area contributed by atoms with E-state index in [1.807, 2.05) is 18.2 Å². The molecule has 3 N–H and O–H groups in total. The number of carbonyl (C=O) groups is 2. The molecule has 0 saturated carbocycles. The van der Waals surface area contributed by atoms with Gasteiger partial charge in [0.2, 0.25) is 0 Å². The van der Waals surface area contributed by atoms with E-state index in [-0.39, 0.29) is 19.4 Å². The van der Waals surface area contributed by atoms with Gasteiger partial charge in [-0.15, -0.1) is 0 Å². The fourth-order valence-corrected chi connectivity index (χ4v) is 6.06. The number of allylic oxidation sites excluding steroid dienone is 14. The highest BCUT2D eigenvalue weighted by atomic mass is 31.2. The molecule has 0 aromatic heterocycles. The number of ether oxygens (including phenoxy) is 2. The summed E-state index contributed by atoms with van der Waals surface area (Å²) in [6, 6.07) is 0. The van der Waals surface area contributed by atoms with E-state index < -0.39 is 51.8 Å². The van der Waals surface area contributed by atoms with Gasteiger partial charge in [-0.25, -0.2) is 4.57 Å². The van der Waals surface area contributed by atoms with E-state index >= 15 is 0 Å². The van der Waals surface area contributed by atoms with E-state index in [0.29, 0.717) is 12.8 Å². The van der Waals surface area contributed by atoms with Gasteiger partial charge in [0.05, 0.1) is 19.8 Å². The topological polar surface area (TPSA) is 149 Å². The number of unbranched alkanes of at least 4 members (excludes halogenated alkanes) is 11. The zero-order chi connectivity index (χ0) is 41.9. The predicted octanol–water partition coefficient (Wildman–Crippen LogP) is 11.4. The molecule has 0 aromatic rings. The maximum Gasteiger partial charge on any atom is 0.472 e. The number of rotatable bonds is 39. The van der Waals surface area contributed by atoms with E-state index in [1.54, 1.807) is 0 Å². The summed E-state index contributed by atoms with van der Waals surface area (Å²) in [7, 11) is -4.65. The van der Waals surface area contributed by atoms with Crippen LogP contribution in [0, 0.1) is 0 Å². The third kappa shape index (κ3) is 41.1. The van der Waals surface area contributed by atoms with Gasteiger partial charge < -0.3 is 24.6 Å². The Morgan fingerprint density at radius 2 is 0.965 bits per heavy atom. The van der Waals surface area contributed by atoms with Crippen LogP contribution < -0.4 is 0 Å². The number of hydrogen-bond acceptors (Lipinski definition) is 9. The molecule has 57 heavy (non-hydrogen) atoms. The van der Waals surface area contributed by atoms with Crippen molar-refractivity contribution in [3.8, 4) is 0 Å². The molecule has 0 spiro atoms. The number of phosphoric ester groups is 1. The zero-order valence-corrected chi connectivity index (χ0v) is 36.2. The average molecular weight is 821 g/mol. The molecule has 0 heterocycles. The van der Waals surface area contributed by atoms with Gasteiger partial charge in [-0.3, -0.25) is 18.6 Å². The predicted molar refractivity (Wildman–Crippen MR) is 233 cm³/mol. The lowest BCUT2D eigenvalue weighted by Crippen LogP contribution is -2.29. The SMILES string of the molecule is CC/C=C\C/C=C\C/C=C\C/C=C\C/C=C\C/C=C\CCC(=O)OC(COC(=O)CC/C=C\CCCCCCCCCCCCC)COP(=O)(O)OCC(O)CO. The fourth-order valence-electron chi connectivity index (χ4n) is 5.27. The zero-order valence-electron chi connectivity index (χ0n) is 35.3. The van der Waals surface area contributed by atoms with E-state index in [4.69, 9.17) is 19.1 Å². The highest BCUT2D eigenvalue weighted by molar-refractivity contribution is 7.47. The molecule has 10 nitrogen and oxygen atoms in total. The molecule has 3 unspecified atom stereocenters. The molecule has 0 bridgehead atoms. The first-order chi connectivity index (χ1) is 27.7. The van der Waals surface area contributed by atoms with Gasteiger partial charge in [-0.1, -0.05) is 163 Å². The Balaban J connectivity index is 4.49. The van der Waals surface area contributed by atoms with Gasteiger partial charge in [0, 0.05) is 12.8 Å². The van der Waals surface area contributed by atoms with Crippen LogP contribution in [0.5, 0.6) is 0 Å². The summed E-state index contributed by atoms with van der Waals surface area (Å²) in [4.78, 5) is 34.9. The maximum atomic E-state index is 12.6. The second-order valence-electron chi connectivity index (χ2n) is 14.0. The van der Waals surface area contributed by atoms with Crippen LogP contribution in [0.4, 0.5) is 0 Å². The summed E-state index contributed by atoms with van der Waals surface area (Å²) in [6.45, 7) is 2.12. The Bertz CT molecular complexity index is 1220. The third-order valence-corrected chi connectivity index (χ3v) is 9.51. The molecule has 0 fully saturated rings. The van der Waals surface area contributed by atoms with Crippen molar-refractivity contribution in [3.05, 3.63) is 85.1 Å². The fraction of sp³-hybridized carbons (Fsp3) is 0.652. The van der Waals surface area contributed by atoms with Crippen molar-refractivity contribution >= 4 is 19.8 Å². The number of aliphatic hydroxyl groups is 2. The molecule has 0 amide bonds. The van der Waals surface area contributed by atoms with Crippen LogP contribution in [-0.4, -0.2) is 65.7 Å². The lowest BCUT2D eigenvalue weighted by atomic mass is 10.1. The molecule has 0 rings (SSSR count). The molecule has 0 saturated heterocycles. The molecule has 0 aliphatic heterocycles. The summed E-state index contributed by atoms with van der Waals surface area (Å²) in [5, 5.41) is 18.3. The molecule has 0 aliphatic rings. The Hall–Kier alpha value is -2.85. The van der Waals surface area contributed by atoms with E-state index in [1.165, 1.54) is 64.2 Å². The van der Waals surface area contributed by atoms with Crippen molar-refractivity contribution in [2.24, 2.45) is 0 Å². The standard InChI is InChI=1S/C46H77O10P/c1-3-5-7-9-11-13-15-17-19-20-21-22-24-26-28-30-32-34-36-38-46(50)56-44(42-55-57(51,52)54-40-43(48)39-47)41-53-45(49)37-35-33-31-29-27-25-23-18-16-14-12-10-8-6-4-2/h5,7,11,13,17,19,21-22,26,28,31-34,43-44,47-48H,3-4,6,8-10,12,14-16,18,20,23-25,27,29-30,35-42H2,1-2H3,(H,51,52)/b7-5-,13-11-,19-17-,22-21-,28-26-,33-31-,34-32-. The summed E-state index contributed by atoms with van der Waals surface area (Å²) in [5.41, 5.74) is 0. The van der Waals surface area contributed by atoms with Crippen molar-refractivity contribution in [3.63, 3.8) is 0 Å².